The van der Waals surface area contributed by atoms with Crippen LogP contribution in [-0.2, 0) is 11.4 Å². The normalized spacial score (nSPS) is 10.4. The standard InChI is InChI=1S/C21H18O2.2C2H6/c22-15-21(18-9-5-2-6-10-18)19-11-13-20(14-12-19)23-16-17-7-3-1-4-8-17;2*1-2/h1-15,21H,16H2;2*1-2H3. The maximum Gasteiger partial charge on any atom is 0.131 e. The van der Waals surface area contributed by atoms with E-state index in [1.54, 1.807) is 0 Å². The summed E-state index contributed by atoms with van der Waals surface area (Å²) >= 11 is 0. The third-order valence-electron chi connectivity index (χ3n) is 3.78. The second kappa shape index (κ2) is 13.3. The molecule has 0 aliphatic rings. The van der Waals surface area contributed by atoms with Crippen LogP contribution in [0.2, 0.25) is 0 Å². The number of rotatable bonds is 6. The van der Waals surface area contributed by atoms with Gasteiger partial charge in [0.1, 0.15) is 18.6 Å². The number of benzene rings is 3. The highest BCUT2D eigenvalue weighted by molar-refractivity contribution is 5.68. The van der Waals surface area contributed by atoms with Gasteiger partial charge in [0.05, 0.1) is 5.92 Å². The lowest BCUT2D eigenvalue weighted by molar-refractivity contribution is -0.108. The van der Waals surface area contributed by atoms with E-state index in [2.05, 4.69) is 0 Å². The molecule has 1 atom stereocenters. The summed E-state index contributed by atoms with van der Waals surface area (Å²) in [6.07, 6.45) is 0.981. The van der Waals surface area contributed by atoms with Crippen LogP contribution in [0.15, 0.2) is 84.9 Å². The molecule has 3 aromatic rings. The first-order valence-corrected chi connectivity index (χ1v) is 9.64. The van der Waals surface area contributed by atoms with Crippen molar-refractivity contribution < 1.29 is 9.53 Å². The molecule has 0 spiro atoms. The van der Waals surface area contributed by atoms with Gasteiger partial charge in [-0.25, -0.2) is 0 Å². The highest BCUT2D eigenvalue weighted by Crippen LogP contribution is 2.24. The smallest absolute Gasteiger partial charge is 0.131 e. The van der Waals surface area contributed by atoms with Crippen molar-refractivity contribution in [2.24, 2.45) is 0 Å². The molecule has 0 heterocycles. The molecular formula is C25H30O2. The Labute approximate surface area is 163 Å². The molecule has 0 bridgehead atoms. The lowest BCUT2D eigenvalue weighted by Gasteiger charge is -2.12. The molecule has 0 radical (unpaired) electrons. The minimum absolute atomic E-state index is 0.237. The van der Waals surface area contributed by atoms with Gasteiger partial charge in [0, 0.05) is 0 Å². The summed E-state index contributed by atoms with van der Waals surface area (Å²) in [5.74, 6) is 0.565. The van der Waals surface area contributed by atoms with E-state index in [0.29, 0.717) is 6.61 Å². The molecule has 27 heavy (non-hydrogen) atoms. The summed E-state index contributed by atoms with van der Waals surface area (Å²) in [7, 11) is 0. The predicted octanol–water partition coefficient (Wildman–Crippen LogP) is 6.65. The molecule has 0 aliphatic carbocycles. The van der Waals surface area contributed by atoms with Crippen LogP contribution < -0.4 is 4.74 Å². The molecular weight excluding hydrogens is 332 g/mol. The van der Waals surface area contributed by atoms with Crippen LogP contribution in [0, 0.1) is 0 Å². The van der Waals surface area contributed by atoms with E-state index in [1.807, 2.05) is 113 Å². The van der Waals surface area contributed by atoms with Gasteiger partial charge in [0.25, 0.3) is 0 Å². The fourth-order valence-corrected chi connectivity index (χ4v) is 2.52. The number of carbonyl (C=O) groups is 1. The summed E-state index contributed by atoms with van der Waals surface area (Å²) in [6.45, 7) is 8.54. The summed E-state index contributed by atoms with van der Waals surface area (Å²) in [5.41, 5.74) is 3.10. The Hall–Kier alpha value is -2.87. The quantitative estimate of drug-likeness (QED) is 0.459. The zero-order valence-electron chi connectivity index (χ0n) is 16.8. The average Bonchev–Trinajstić information content (AvgIpc) is 2.78. The Morgan fingerprint density at radius 1 is 0.704 bits per heavy atom. The number of carbonyl (C=O) groups excluding carboxylic acids is 1. The van der Waals surface area contributed by atoms with Gasteiger partial charge < -0.3 is 9.53 Å². The number of hydrogen-bond donors (Lipinski definition) is 0. The summed E-state index contributed by atoms with van der Waals surface area (Å²) in [6, 6.07) is 27.6. The number of ether oxygens (including phenoxy) is 1. The molecule has 0 amide bonds. The monoisotopic (exact) mass is 362 g/mol. The first-order valence-electron chi connectivity index (χ1n) is 9.64. The van der Waals surface area contributed by atoms with E-state index >= 15 is 0 Å². The van der Waals surface area contributed by atoms with Gasteiger partial charge in [-0.05, 0) is 28.8 Å². The minimum atomic E-state index is -0.237. The van der Waals surface area contributed by atoms with Crippen LogP contribution in [0.25, 0.3) is 0 Å². The van der Waals surface area contributed by atoms with Crippen LogP contribution in [0.4, 0.5) is 0 Å². The van der Waals surface area contributed by atoms with Gasteiger partial charge in [-0.2, -0.15) is 0 Å². The van der Waals surface area contributed by atoms with Crippen LogP contribution in [0.3, 0.4) is 0 Å². The number of aldehydes is 1. The highest BCUT2D eigenvalue weighted by atomic mass is 16.5. The van der Waals surface area contributed by atoms with Crippen molar-refractivity contribution in [2.45, 2.75) is 40.2 Å². The molecule has 1 unspecified atom stereocenters. The lowest BCUT2D eigenvalue weighted by atomic mass is 9.93. The zero-order valence-corrected chi connectivity index (χ0v) is 16.8. The van der Waals surface area contributed by atoms with E-state index in [9.17, 15) is 4.79 Å². The van der Waals surface area contributed by atoms with Crippen molar-refractivity contribution in [3.8, 4) is 5.75 Å². The van der Waals surface area contributed by atoms with E-state index in [4.69, 9.17) is 4.74 Å². The molecule has 0 aliphatic heterocycles. The molecule has 0 fully saturated rings. The molecule has 3 aromatic carbocycles. The van der Waals surface area contributed by atoms with Crippen LogP contribution in [0.5, 0.6) is 5.75 Å². The topological polar surface area (TPSA) is 26.3 Å². The Balaban J connectivity index is 0.000000855. The first kappa shape index (κ1) is 22.2. The van der Waals surface area contributed by atoms with Crippen molar-refractivity contribution in [1.82, 2.24) is 0 Å². The van der Waals surface area contributed by atoms with Gasteiger partial charge in [-0.15, -0.1) is 0 Å². The first-order chi connectivity index (χ1) is 13.4. The Bertz CT molecular complexity index is 734. The summed E-state index contributed by atoms with van der Waals surface area (Å²) in [4.78, 5) is 11.5. The fraction of sp³-hybridized carbons (Fsp3) is 0.240. The van der Waals surface area contributed by atoms with E-state index in [1.165, 1.54) is 0 Å². The summed E-state index contributed by atoms with van der Waals surface area (Å²) < 4.78 is 5.78. The Morgan fingerprint density at radius 3 is 1.70 bits per heavy atom. The molecule has 0 saturated heterocycles. The third-order valence-corrected chi connectivity index (χ3v) is 3.78. The van der Waals surface area contributed by atoms with Crippen molar-refractivity contribution in [3.63, 3.8) is 0 Å². The molecule has 3 rings (SSSR count). The molecule has 0 N–H and O–H groups in total. The highest BCUT2D eigenvalue weighted by Gasteiger charge is 2.12. The van der Waals surface area contributed by atoms with Crippen molar-refractivity contribution >= 4 is 6.29 Å². The average molecular weight is 363 g/mol. The van der Waals surface area contributed by atoms with Gasteiger partial charge >= 0.3 is 0 Å². The number of hydrogen-bond acceptors (Lipinski definition) is 2. The summed E-state index contributed by atoms with van der Waals surface area (Å²) in [5, 5.41) is 0. The predicted molar refractivity (Wildman–Crippen MR) is 114 cm³/mol. The third kappa shape index (κ3) is 7.10. The molecule has 2 nitrogen and oxygen atoms in total. The SMILES string of the molecule is CC.CC.O=CC(c1ccccc1)c1ccc(OCc2ccccc2)cc1. The van der Waals surface area contributed by atoms with Crippen molar-refractivity contribution in [1.29, 1.82) is 0 Å². The van der Waals surface area contributed by atoms with E-state index < -0.39 is 0 Å². The van der Waals surface area contributed by atoms with Crippen LogP contribution in [-0.4, -0.2) is 6.29 Å². The Morgan fingerprint density at radius 2 is 1.19 bits per heavy atom. The second-order valence-corrected chi connectivity index (χ2v) is 5.37. The maximum absolute atomic E-state index is 11.5. The molecule has 2 heteroatoms. The van der Waals surface area contributed by atoms with Gasteiger partial charge in [-0.1, -0.05) is 100 Å². The van der Waals surface area contributed by atoms with Crippen LogP contribution in [0.1, 0.15) is 50.3 Å². The Kier molecular flexibility index (Phi) is 11.0. The maximum atomic E-state index is 11.5. The van der Waals surface area contributed by atoms with Gasteiger partial charge in [0.2, 0.25) is 0 Å². The zero-order chi connectivity index (χ0) is 19.9. The fourth-order valence-electron chi connectivity index (χ4n) is 2.52. The van der Waals surface area contributed by atoms with E-state index in [0.717, 1.165) is 28.7 Å². The van der Waals surface area contributed by atoms with Crippen LogP contribution >= 0.6 is 0 Å². The van der Waals surface area contributed by atoms with Crippen molar-refractivity contribution in [3.05, 3.63) is 102 Å². The second-order valence-electron chi connectivity index (χ2n) is 5.37. The van der Waals surface area contributed by atoms with E-state index in [-0.39, 0.29) is 5.92 Å². The van der Waals surface area contributed by atoms with Gasteiger partial charge in [-0.3, -0.25) is 0 Å². The molecule has 0 aromatic heterocycles. The molecule has 0 saturated carbocycles. The molecule has 142 valence electrons. The lowest BCUT2D eigenvalue weighted by Crippen LogP contribution is -2.02. The van der Waals surface area contributed by atoms with Gasteiger partial charge in [0.15, 0.2) is 0 Å². The van der Waals surface area contributed by atoms with Crippen molar-refractivity contribution in [2.75, 3.05) is 0 Å². The minimum Gasteiger partial charge on any atom is -0.489 e. The largest absolute Gasteiger partial charge is 0.489 e.